The van der Waals surface area contributed by atoms with Crippen molar-refractivity contribution in [3.63, 3.8) is 0 Å². The van der Waals surface area contributed by atoms with Gasteiger partial charge in [-0.2, -0.15) is 0 Å². The lowest BCUT2D eigenvalue weighted by Crippen LogP contribution is -2.25. The highest BCUT2D eigenvalue weighted by atomic mass is 16.5. The third-order valence-electron chi connectivity index (χ3n) is 4.95. The highest BCUT2D eigenvalue weighted by Gasteiger charge is 2.23. The van der Waals surface area contributed by atoms with E-state index in [1.54, 1.807) is 23.1 Å². The maximum Gasteiger partial charge on any atom is 0.338 e. The van der Waals surface area contributed by atoms with Gasteiger partial charge in [-0.15, -0.1) is 0 Å². The fourth-order valence-corrected chi connectivity index (χ4v) is 3.33. The van der Waals surface area contributed by atoms with Crippen LogP contribution in [-0.2, 0) is 16.0 Å². The minimum atomic E-state index is -0.437. The maximum atomic E-state index is 12.7. The quantitative estimate of drug-likeness (QED) is 0.846. The fraction of sp³-hybridized carbons (Fsp3) is 0.286. The Balaban J connectivity index is 1.85. The van der Waals surface area contributed by atoms with Crippen molar-refractivity contribution in [2.75, 3.05) is 23.9 Å². The predicted octanol–water partition coefficient (Wildman–Crippen LogP) is 3.25. The summed E-state index contributed by atoms with van der Waals surface area (Å²) in [4.78, 5) is 38.0. The van der Waals surface area contributed by atoms with Crippen LogP contribution in [0.15, 0.2) is 30.3 Å². The molecular formula is C21H22N2O4. The summed E-state index contributed by atoms with van der Waals surface area (Å²) >= 11 is 0. The van der Waals surface area contributed by atoms with Gasteiger partial charge in [0, 0.05) is 30.4 Å². The molecule has 0 radical (unpaired) electrons. The second-order valence-corrected chi connectivity index (χ2v) is 6.68. The third kappa shape index (κ3) is 3.56. The zero-order valence-electron chi connectivity index (χ0n) is 15.9. The van der Waals surface area contributed by atoms with Crippen molar-refractivity contribution in [1.82, 2.24) is 0 Å². The van der Waals surface area contributed by atoms with Crippen molar-refractivity contribution in [3.05, 3.63) is 58.1 Å². The molecule has 0 fully saturated rings. The molecule has 1 heterocycles. The average molecular weight is 366 g/mol. The highest BCUT2D eigenvalue weighted by Crippen LogP contribution is 2.29. The van der Waals surface area contributed by atoms with Gasteiger partial charge in [0.15, 0.2) is 0 Å². The number of benzene rings is 2. The van der Waals surface area contributed by atoms with Crippen LogP contribution in [0, 0.1) is 13.8 Å². The molecule has 0 atom stereocenters. The number of rotatable bonds is 3. The summed E-state index contributed by atoms with van der Waals surface area (Å²) in [6.07, 6.45) is 0.728. The number of fused-ring (bicyclic) bond motifs is 1. The lowest BCUT2D eigenvalue weighted by Gasteiger charge is -2.15. The zero-order valence-corrected chi connectivity index (χ0v) is 15.9. The van der Waals surface area contributed by atoms with E-state index in [9.17, 15) is 14.4 Å². The molecule has 0 unspecified atom stereocenters. The van der Waals surface area contributed by atoms with Crippen LogP contribution in [0.2, 0.25) is 0 Å². The van der Waals surface area contributed by atoms with Gasteiger partial charge >= 0.3 is 5.97 Å². The molecule has 140 valence electrons. The van der Waals surface area contributed by atoms with Gasteiger partial charge in [-0.05, 0) is 67.3 Å². The molecule has 0 aliphatic carbocycles. The van der Waals surface area contributed by atoms with Crippen LogP contribution in [0.25, 0.3) is 0 Å². The van der Waals surface area contributed by atoms with E-state index in [2.05, 4.69) is 5.32 Å². The molecule has 1 N–H and O–H groups in total. The first-order chi connectivity index (χ1) is 12.8. The normalized spacial score (nSPS) is 12.5. The Morgan fingerprint density at radius 3 is 2.52 bits per heavy atom. The number of hydrogen-bond donors (Lipinski definition) is 1. The van der Waals surface area contributed by atoms with Gasteiger partial charge in [0.25, 0.3) is 5.91 Å². The van der Waals surface area contributed by atoms with E-state index in [1.165, 1.54) is 14.0 Å². The molecule has 2 aromatic rings. The van der Waals surface area contributed by atoms with Gasteiger partial charge in [-0.25, -0.2) is 4.79 Å². The largest absolute Gasteiger partial charge is 0.465 e. The number of nitrogens with zero attached hydrogens (tertiary/aromatic N) is 1. The number of esters is 1. The topological polar surface area (TPSA) is 75.7 Å². The molecule has 0 bridgehead atoms. The molecule has 0 saturated carbocycles. The first kappa shape index (κ1) is 18.6. The molecular weight excluding hydrogens is 344 g/mol. The number of anilines is 2. The molecule has 27 heavy (non-hydrogen) atoms. The number of hydrogen-bond acceptors (Lipinski definition) is 4. The van der Waals surface area contributed by atoms with E-state index in [-0.39, 0.29) is 11.8 Å². The van der Waals surface area contributed by atoms with Crippen LogP contribution in [0.5, 0.6) is 0 Å². The number of carbonyl (C=O) groups is 3. The number of ether oxygens (including phenoxy) is 1. The number of carbonyl (C=O) groups excluding carboxylic acids is 3. The van der Waals surface area contributed by atoms with Gasteiger partial charge in [0.2, 0.25) is 5.91 Å². The van der Waals surface area contributed by atoms with Gasteiger partial charge < -0.3 is 15.0 Å². The maximum absolute atomic E-state index is 12.7. The van der Waals surface area contributed by atoms with E-state index in [0.717, 1.165) is 28.8 Å². The van der Waals surface area contributed by atoms with E-state index < -0.39 is 5.97 Å². The van der Waals surface area contributed by atoms with E-state index in [1.807, 2.05) is 26.0 Å². The summed E-state index contributed by atoms with van der Waals surface area (Å²) < 4.78 is 4.81. The lowest BCUT2D eigenvalue weighted by atomic mass is 10.0. The van der Waals surface area contributed by atoms with Crippen molar-refractivity contribution in [2.24, 2.45) is 0 Å². The third-order valence-corrected chi connectivity index (χ3v) is 4.95. The molecule has 0 spiro atoms. The molecule has 6 nitrogen and oxygen atoms in total. The summed E-state index contributed by atoms with van der Waals surface area (Å²) in [5.41, 5.74) is 5.03. The molecule has 6 heteroatoms. The molecule has 1 aliphatic rings. The van der Waals surface area contributed by atoms with Crippen molar-refractivity contribution in [1.29, 1.82) is 0 Å². The van der Waals surface area contributed by atoms with Gasteiger partial charge in [0.1, 0.15) is 0 Å². The van der Waals surface area contributed by atoms with Crippen LogP contribution in [-0.4, -0.2) is 31.4 Å². The Morgan fingerprint density at radius 1 is 1.11 bits per heavy atom. The summed E-state index contributed by atoms with van der Waals surface area (Å²) in [7, 11) is 1.33. The number of amides is 2. The van der Waals surface area contributed by atoms with Crippen molar-refractivity contribution in [2.45, 2.75) is 27.2 Å². The molecule has 2 amide bonds. The fourth-order valence-electron chi connectivity index (χ4n) is 3.33. The Bertz CT molecular complexity index is 949. The van der Waals surface area contributed by atoms with Crippen LogP contribution in [0.4, 0.5) is 11.4 Å². The highest BCUT2D eigenvalue weighted by molar-refractivity contribution is 6.06. The van der Waals surface area contributed by atoms with Crippen molar-refractivity contribution in [3.8, 4) is 0 Å². The summed E-state index contributed by atoms with van der Waals surface area (Å²) in [5.74, 6) is -0.705. The first-order valence-corrected chi connectivity index (χ1v) is 8.73. The minimum absolute atomic E-state index is 0.00331. The molecule has 2 aromatic carbocycles. The number of methoxy groups -OCH3 is 1. The summed E-state index contributed by atoms with van der Waals surface area (Å²) in [6.45, 7) is 5.89. The number of aryl methyl sites for hydroxylation is 1. The van der Waals surface area contributed by atoms with Crippen molar-refractivity contribution < 1.29 is 19.1 Å². The average Bonchev–Trinajstić information content (AvgIpc) is 3.07. The van der Waals surface area contributed by atoms with E-state index in [0.29, 0.717) is 23.4 Å². The van der Waals surface area contributed by atoms with E-state index in [4.69, 9.17) is 4.74 Å². The SMILES string of the molecule is COC(=O)c1cc(NC(=O)c2ccc3c(c2)CCN3C(C)=O)cc(C)c1C. The molecule has 0 aromatic heterocycles. The Kier molecular flexibility index (Phi) is 4.99. The predicted molar refractivity (Wildman–Crippen MR) is 103 cm³/mol. The second kappa shape index (κ2) is 7.23. The molecule has 3 rings (SSSR count). The standard InChI is InChI=1S/C21H22N2O4/c1-12-9-17(11-18(13(12)2)21(26)27-4)22-20(25)16-5-6-19-15(10-16)7-8-23(19)14(3)24/h5-6,9-11H,7-8H2,1-4H3,(H,22,25). The summed E-state index contributed by atoms with van der Waals surface area (Å²) in [6, 6.07) is 8.77. The molecule has 1 aliphatic heterocycles. The monoisotopic (exact) mass is 366 g/mol. The number of nitrogens with one attached hydrogen (secondary N) is 1. The van der Waals surface area contributed by atoms with Crippen LogP contribution < -0.4 is 10.2 Å². The van der Waals surface area contributed by atoms with Gasteiger partial charge in [-0.1, -0.05) is 0 Å². The Labute approximate surface area is 158 Å². The van der Waals surface area contributed by atoms with Gasteiger partial charge in [0.05, 0.1) is 12.7 Å². The van der Waals surface area contributed by atoms with E-state index >= 15 is 0 Å². The lowest BCUT2D eigenvalue weighted by molar-refractivity contribution is -0.116. The smallest absolute Gasteiger partial charge is 0.338 e. The Hall–Kier alpha value is -3.15. The van der Waals surface area contributed by atoms with Crippen LogP contribution in [0.3, 0.4) is 0 Å². The van der Waals surface area contributed by atoms with Crippen LogP contribution >= 0.6 is 0 Å². The van der Waals surface area contributed by atoms with Crippen molar-refractivity contribution >= 4 is 29.2 Å². The minimum Gasteiger partial charge on any atom is -0.465 e. The first-order valence-electron chi connectivity index (χ1n) is 8.73. The Morgan fingerprint density at radius 2 is 1.85 bits per heavy atom. The second-order valence-electron chi connectivity index (χ2n) is 6.68. The van der Waals surface area contributed by atoms with Gasteiger partial charge in [-0.3, -0.25) is 9.59 Å². The van der Waals surface area contributed by atoms with Crippen LogP contribution in [0.1, 0.15) is 44.3 Å². The zero-order chi connectivity index (χ0) is 19.7. The molecule has 0 saturated heterocycles. The summed E-state index contributed by atoms with van der Waals surface area (Å²) in [5, 5.41) is 2.84.